The normalized spacial score (nSPS) is 36.1. The Morgan fingerprint density at radius 2 is 2.14 bits per heavy atom. The van der Waals surface area contributed by atoms with E-state index in [1.807, 2.05) is 6.92 Å². The number of thiazole rings is 1. The van der Waals surface area contributed by atoms with Crippen molar-refractivity contribution < 1.29 is 15.0 Å². The summed E-state index contributed by atoms with van der Waals surface area (Å²) in [5.41, 5.74) is 0.270. The molecule has 29 heavy (non-hydrogen) atoms. The molecule has 4 N–H and O–H groups in total. The van der Waals surface area contributed by atoms with Crippen molar-refractivity contribution in [3.05, 3.63) is 23.2 Å². The lowest BCUT2D eigenvalue weighted by atomic mass is 9.47. The van der Waals surface area contributed by atoms with E-state index in [1.54, 1.807) is 17.4 Å². The first-order valence-corrected chi connectivity index (χ1v) is 11.6. The average molecular weight is 420 g/mol. The summed E-state index contributed by atoms with van der Waals surface area (Å²) in [4.78, 5) is 18.9. The second-order valence-corrected chi connectivity index (χ2v) is 10.7. The van der Waals surface area contributed by atoms with Gasteiger partial charge in [-0.3, -0.25) is 4.79 Å². The lowest BCUT2D eigenvalue weighted by molar-refractivity contribution is -0.144. The molecule has 0 spiro atoms. The minimum atomic E-state index is -0.575. The van der Waals surface area contributed by atoms with Gasteiger partial charge in [-0.2, -0.15) is 0 Å². The van der Waals surface area contributed by atoms with E-state index < -0.39 is 11.5 Å². The van der Waals surface area contributed by atoms with Crippen LogP contribution in [0.4, 0.5) is 5.13 Å². The van der Waals surface area contributed by atoms with Gasteiger partial charge in [0, 0.05) is 35.2 Å². The fraction of sp³-hybridized carbons (Fsp3) is 0.727. The van der Waals surface area contributed by atoms with E-state index in [4.69, 9.17) is 4.98 Å². The van der Waals surface area contributed by atoms with Crippen molar-refractivity contribution in [2.24, 2.45) is 16.7 Å². The van der Waals surface area contributed by atoms with Gasteiger partial charge in [0.2, 0.25) is 5.91 Å². The van der Waals surface area contributed by atoms with Gasteiger partial charge in [-0.25, -0.2) is 4.98 Å². The zero-order valence-electron chi connectivity index (χ0n) is 17.4. The van der Waals surface area contributed by atoms with Gasteiger partial charge in [-0.1, -0.05) is 19.9 Å². The minimum Gasteiger partial charge on any atom is -0.396 e. The van der Waals surface area contributed by atoms with Crippen LogP contribution in [0.3, 0.4) is 0 Å². The van der Waals surface area contributed by atoms with Gasteiger partial charge >= 0.3 is 0 Å². The molecule has 0 radical (unpaired) electrons. The second-order valence-electron chi connectivity index (χ2n) is 9.58. The molecule has 3 aliphatic carbocycles. The maximum Gasteiger partial charge on any atom is 0.220 e. The number of carbonyl (C=O) groups excluding carboxylic acids is 1. The molecule has 4 rings (SSSR count). The van der Waals surface area contributed by atoms with E-state index in [9.17, 15) is 15.0 Å². The highest BCUT2D eigenvalue weighted by molar-refractivity contribution is 7.15. The van der Waals surface area contributed by atoms with Crippen LogP contribution in [0.2, 0.25) is 0 Å². The SMILES string of the molecule is C=CCNc1nc2c(s1)CC1C(C)(CO)C(O)CCC1(C)C2CC(=O)NC1CC1. The van der Waals surface area contributed by atoms with Crippen molar-refractivity contribution in [3.8, 4) is 0 Å². The quantitative estimate of drug-likeness (QED) is 0.510. The Bertz CT molecular complexity index is 792. The molecule has 0 aromatic carbocycles. The first-order chi connectivity index (χ1) is 13.8. The number of rotatable bonds is 7. The van der Waals surface area contributed by atoms with E-state index in [2.05, 4.69) is 24.1 Å². The summed E-state index contributed by atoms with van der Waals surface area (Å²) in [6.45, 7) is 8.60. The highest BCUT2D eigenvalue weighted by Crippen LogP contribution is 2.62. The Balaban J connectivity index is 1.72. The number of aliphatic hydroxyl groups is 2. The third-order valence-corrected chi connectivity index (χ3v) is 8.67. The van der Waals surface area contributed by atoms with Crippen LogP contribution in [0.1, 0.15) is 62.4 Å². The maximum atomic E-state index is 12.8. The summed E-state index contributed by atoms with van der Waals surface area (Å²) in [7, 11) is 0. The Labute approximate surface area is 176 Å². The van der Waals surface area contributed by atoms with Gasteiger partial charge in [0.15, 0.2) is 5.13 Å². The van der Waals surface area contributed by atoms with Crippen LogP contribution in [0, 0.1) is 16.7 Å². The fourth-order valence-electron chi connectivity index (χ4n) is 5.58. The molecule has 2 fully saturated rings. The number of hydrogen-bond acceptors (Lipinski definition) is 6. The zero-order valence-corrected chi connectivity index (χ0v) is 18.2. The summed E-state index contributed by atoms with van der Waals surface area (Å²) < 4.78 is 0. The molecular weight excluding hydrogens is 386 g/mol. The van der Waals surface area contributed by atoms with Crippen LogP contribution in [0.25, 0.3) is 0 Å². The summed E-state index contributed by atoms with van der Waals surface area (Å²) in [5, 5.41) is 28.3. The van der Waals surface area contributed by atoms with E-state index in [1.165, 1.54) is 4.88 Å². The summed E-state index contributed by atoms with van der Waals surface area (Å²) >= 11 is 1.63. The Kier molecular flexibility index (Phi) is 5.51. The number of aromatic nitrogens is 1. The van der Waals surface area contributed by atoms with E-state index >= 15 is 0 Å². The highest BCUT2D eigenvalue weighted by atomic mass is 32.1. The standard InChI is InChI=1S/C22H33N3O3S/c1-4-9-23-20-25-19-14(10-18(28)24-13-5-6-13)21(2)8-7-17(27)22(3,12-26)16(21)11-15(19)29-20/h4,13-14,16-17,26-27H,1,5-12H2,2-3H3,(H,23,25)(H,24,28). The summed E-state index contributed by atoms with van der Waals surface area (Å²) in [6, 6.07) is 0.338. The number of nitrogens with zero attached hydrogens (tertiary/aromatic N) is 1. The predicted octanol–water partition coefficient (Wildman–Crippen LogP) is 2.83. The number of nitrogens with one attached hydrogen (secondary N) is 2. The van der Waals surface area contributed by atoms with Crippen LogP contribution in [-0.4, -0.2) is 46.4 Å². The van der Waals surface area contributed by atoms with Gasteiger partial charge in [-0.05, 0) is 43.4 Å². The topological polar surface area (TPSA) is 94.5 Å². The van der Waals surface area contributed by atoms with Crippen LogP contribution < -0.4 is 10.6 Å². The van der Waals surface area contributed by atoms with Crippen molar-refractivity contribution in [2.75, 3.05) is 18.5 Å². The lowest BCUT2D eigenvalue weighted by Crippen LogP contribution is -2.57. The molecule has 0 bridgehead atoms. The van der Waals surface area contributed by atoms with Gasteiger partial charge < -0.3 is 20.8 Å². The number of amides is 1. The number of aliphatic hydroxyl groups excluding tert-OH is 2. The van der Waals surface area contributed by atoms with Crippen LogP contribution >= 0.6 is 11.3 Å². The van der Waals surface area contributed by atoms with E-state index in [-0.39, 0.29) is 29.8 Å². The first-order valence-electron chi connectivity index (χ1n) is 10.7. The molecular formula is C22H33N3O3S. The average Bonchev–Trinajstić information content (AvgIpc) is 3.41. The zero-order chi connectivity index (χ0) is 20.8. The molecule has 5 unspecified atom stereocenters. The molecule has 7 heteroatoms. The van der Waals surface area contributed by atoms with Gasteiger partial charge in [0.05, 0.1) is 18.4 Å². The fourth-order valence-corrected chi connectivity index (χ4v) is 6.66. The third-order valence-electron chi connectivity index (χ3n) is 7.62. The monoisotopic (exact) mass is 419 g/mol. The molecule has 1 aromatic rings. The van der Waals surface area contributed by atoms with Crippen molar-refractivity contribution in [1.82, 2.24) is 10.3 Å². The number of hydrogen-bond donors (Lipinski definition) is 4. The highest BCUT2D eigenvalue weighted by Gasteiger charge is 2.59. The summed E-state index contributed by atoms with van der Waals surface area (Å²) in [5.74, 6) is 0.183. The Hall–Kier alpha value is -1.44. The van der Waals surface area contributed by atoms with Crippen LogP contribution in [0.15, 0.2) is 12.7 Å². The van der Waals surface area contributed by atoms with E-state index in [0.29, 0.717) is 25.4 Å². The molecule has 0 aliphatic heterocycles. The molecule has 2 saturated carbocycles. The van der Waals surface area contributed by atoms with Crippen LogP contribution in [-0.2, 0) is 11.2 Å². The molecule has 5 atom stereocenters. The maximum absolute atomic E-state index is 12.8. The molecule has 6 nitrogen and oxygen atoms in total. The van der Waals surface area contributed by atoms with Crippen molar-refractivity contribution in [3.63, 3.8) is 0 Å². The number of carbonyl (C=O) groups is 1. The number of fused-ring (bicyclic) bond motifs is 2. The summed E-state index contributed by atoms with van der Waals surface area (Å²) in [6.07, 6.45) is 6.10. The first kappa shape index (κ1) is 20.8. The third kappa shape index (κ3) is 3.62. The van der Waals surface area contributed by atoms with Gasteiger partial charge in [0.1, 0.15) is 0 Å². The Morgan fingerprint density at radius 3 is 2.79 bits per heavy atom. The molecule has 3 aliphatic rings. The van der Waals surface area contributed by atoms with Crippen molar-refractivity contribution in [1.29, 1.82) is 0 Å². The van der Waals surface area contributed by atoms with Gasteiger partial charge in [-0.15, -0.1) is 17.9 Å². The molecule has 1 heterocycles. The predicted molar refractivity (Wildman–Crippen MR) is 115 cm³/mol. The van der Waals surface area contributed by atoms with Crippen LogP contribution in [0.5, 0.6) is 0 Å². The molecule has 1 aromatic heterocycles. The number of anilines is 1. The van der Waals surface area contributed by atoms with Crippen molar-refractivity contribution in [2.45, 2.75) is 70.4 Å². The van der Waals surface area contributed by atoms with Crippen molar-refractivity contribution >= 4 is 22.4 Å². The largest absolute Gasteiger partial charge is 0.396 e. The lowest BCUT2D eigenvalue weighted by Gasteiger charge is -2.58. The molecule has 160 valence electrons. The molecule has 0 saturated heterocycles. The molecule has 1 amide bonds. The van der Waals surface area contributed by atoms with Gasteiger partial charge in [0.25, 0.3) is 0 Å². The second kappa shape index (κ2) is 7.67. The smallest absolute Gasteiger partial charge is 0.220 e. The minimum absolute atomic E-state index is 0.0103. The van der Waals surface area contributed by atoms with E-state index in [0.717, 1.165) is 36.5 Å². The Morgan fingerprint density at radius 1 is 1.38 bits per heavy atom.